The van der Waals surface area contributed by atoms with Crippen molar-refractivity contribution < 1.29 is 13.2 Å². The van der Waals surface area contributed by atoms with Gasteiger partial charge in [-0.3, -0.25) is 4.68 Å². The van der Waals surface area contributed by atoms with E-state index in [9.17, 15) is 13.2 Å². The van der Waals surface area contributed by atoms with Gasteiger partial charge in [-0.15, -0.1) is 0 Å². The van der Waals surface area contributed by atoms with Crippen molar-refractivity contribution >= 4 is 5.82 Å². The summed E-state index contributed by atoms with van der Waals surface area (Å²) in [4.78, 5) is 6.67. The Morgan fingerprint density at radius 2 is 2.09 bits per heavy atom. The summed E-state index contributed by atoms with van der Waals surface area (Å²) in [6.45, 7) is 3.45. The van der Waals surface area contributed by atoms with Gasteiger partial charge >= 0.3 is 6.18 Å². The van der Waals surface area contributed by atoms with Crippen LogP contribution in [0.3, 0.4) is 0 Å². The van der Waals surface area contributed by atoms with Crippen molar-refractivity contribution in [3.63, 3.8) is 0 Å². The number of pyridine rings is 1. The summed E-state index contributed by atoms with van der Waals surface area (Å²) in [5, 5.41) is 3.54. The second kappa shape index (κ2) is 5.62. The van der Waals surface area contributed by atoms with Gasteiger partial charge < -0.3 is 4.90 Å². The summed E-state index contributed by atoms with van der Waals surface area (Å²) >= 11 is 0. The zero-order valence-corrected chi connectivity index (χ0v) is 12.2. The topological polar surface area (TPSA) is 34.0 Å². The van der Waals surface area contributed by atoms with E-state index < -0.39 is 11.9 Å². The smallest absolute Gasteiger partial charge is 0.354 e. The summed E-state index contributed by atoms with van der Waals surface area (Å²) in [6, 6.07) is 5.28. The van der Waals surface area contributed by atoms with Crippen molar-refractivity contribution in [1.82, 2.24) is 14.8 Å². The molecule has 22 heavy (non-hydrogen) atoms. The number of anilines is 1. The van der Waals surface area contributed by atoms with Gasteiger partial charge in [0.15, 0.2) is 5.69 Å². The molecular formula is C15H17F3N4. The van der Waals surface area contributed by atoms with E-state index in [1.807, 2.05) is 12.1 Å². The van der Waals surface area contributed by atoms with E-state index in [1.54, 1.807) is 6.20 Å². The largest absolute Gasteiger partial charge is 0.435 e. The molecule has 1 atom stereocenters. The van der Waals surface area contributed by atoms with E-state index in [0.29, 0.717) is 6.04 Å². The molecule has 3 rings (SSSR count). The van der Waals surface area contributed by atoms with E-state index in [1.165, 1.54) is 10.9 Å². The zero-order chi connectivity index (χ0) is 15.7. The van der Waals surface area contributed by atoms with Crippen LogP contribution in [0.4, 0.5) is 19.0 Å². The lowest BCUT2D eigenvalue weighted by molar-refractivity contribution is -0.141. The maximum Gasteiger partial charge on any atom is 0.435 e. The number of alkyl halides is 3. The average molecular weight is 310 g/mol. The number of halogens is 3. The Hall–Kier alpha value is -2.05. The van der Waals surface area contributed by atoms with Gasteiger partial charge in [0, 0.05) is 25.0 Å². The van der Waals surface area contributed by atoms with Crippen LogP contribution >= 0.6 is 0 Å². The minimum Gasteiger partial charge on any atom is -0.354 e. The molecule has 0 aliphatic carbocycles. The molecule has 2 aromatic rings. The van der Waals surface area contributed by atoms with Crippen LogP contribution in [-0.4, -0.2) is 27.4 Å². The molecule has 0 amide bonds. The predicted molar refractivity (Wildman–Crippen MR) is 76.6 cm³/mol. The third-order valence-electron chi connectivity index (χ3n) is 3.93. The van der Waals surface area contributed by atoms with E-state index in [2.05, 4.69) is 21.9 Å². The van der Waals surface area contributed by atoms with E-state index in [4.69, 9.17) is 0 Å². The van der Waals surface area contributed by atoms with Crippen molar-refractivity contribution in [3.8, 4) is 0 Å². The first-order chi connectivity index (χ1) is 10.4. The third-order valence-corrected chi connectivity index (χ3v) is 3.93. The molecule has 1 fully saturated rings. The molecule has 0 saturated carbocycles. The molecule has 7 heteroatoms. The highest BCUT2D eigenvalue weighted by atomic mass is 19.4. The van der Waals surface area contributed by atoms with Gasteiger partial charge in [0.25, 0.3) is 0 Å². The molecule has 0 radical (unpaired) electrons. The van der Waals surface area contributed by atoms with Crippen LogP contribution in [0.5, 0.6) is 0 Å². The lowest BCUT2D eigenvalue weighted by Crippen LogP contribution is -2.27. The van der Waals surface area contributed by atoms with Gasteiger partial charge in [0.2, 0.25) is 0 Å². The highest BCUT2D eigenvalue weighted by Gasteiger charge is 2.33. The zero-order valence-electron chi connectivity index (χ0n) is 12.2. The Balaban J connectivity index is 1.70. The summed E-state index contributed by atoms with van der Waals surface area (Å²) in [5.74, 6) is 0.921. The molecule has 0 spiro atoms. The Bertz CT molecular complexity index is 633. The molecule has 1 aliphatic rings. The van der Waals surface area contributed by atoms with Crippen molar-refractivity contribution in [2.24, 2.45) is 0 Å². The first-order valence-electron chi connectivity index (χ1n) is 7.26. The first kappa shape index (κ1) is 14.9. The van der Waals surface area contributed by atoms with Crippen LogP contribution in [-0.2, 0) is 12.7 Å². The van der Waals surface area contributed by atoms with Crippen LogP contribution in [0.1, 0.15) is 31.0 Å². The maximum atomic E-state index is 12.5. The minimum absolute atomic E-state index is 0.277. The summed E-state index contributed by atoms with van der Waals surface area (Å²) in [5.41, 5.74) is -0.0459. The second-order valence-electron chi connectivity index (χ2n) is 5.61. The van der Waals surface area contributed by atoms with Crippen LogP contribution < -0.4 is 4.90 Å². The van der Waals surface area contributed by atoms with Gasteiger partial charge in [-0.1, -0.05) is 6.07 Å². The maximum absolute atomic E-state index is 12.5. The molecule has 0 bridgehead atoms. The molecule has 0 unspecified atom stereocenters. The highest BCUT2D eigenvalue weighted by Crippen LogP contribution is 2.27. The van der Waals surface area contributed by atoms with E-state index in [0.717, 1.165) is 36.8 Å². The molecule has 1 saturated heterocycles. The minimum atomic E-state index is -4.40. The number of nitrogens with zero attached hydrogens (tertiary/aromatic N) is 4. The molecule has 1 aliphatic heterocycles. The molecule has 4 nitrogen and oxygen atoms in total. The molecule has 0 N–H and O–H groups in total. The fourth-order valence-corrected chi connectivity index (χ4v) is 2.74. The van der Waals surface area contributed by atoms with E-state index in [-0.39, 0.29) is 6.54 Å². The van der Waals surface area contributed by atoms with Crippen molar-refractivity contribution in [2.45, 2.75) is 38.5 Å². The number of rotatable bonds is 3. The van der Waals surface area contributed by atoms with Gasteiger partial charge in [-0.2, -0.15) is 18.3 Å². The van der Waals surface area contributed by atoms with Crippen LogP contribution in [0, 0.1) is 0 Å². The average Bonchev–Trinajstić information content (AvgIpc) is 3.08. The summed E-state index contributed by atoms with van der Waals surface area (Å²) in [7, 11) is 0. The predicted octanol–water partition coefficient (Wildman–Crippen LogP) is 3.33. The van der Waals surface area contributed by atoms with Gasteiger partial charge in [-0.25, -0.2) is 4.98 Å². The fraction of sp³-hybridized carbons (Fsp3) is 0.467. The Labute approximate surface area is 126 Å². The van der Waals surface area contributed by atoms with Crippen LogP contribution in [0.15, 0.2) is 30.6 Å². The summed E-state index contributed by atoms with van der Waals surface area (Å²) in [6.07, 6.45) is 0.961. The standard InChI is InChI=1S/C15H17F3N4/c1-11-3-2-7-22(11)14-5-4-12(9-19-14)10-21-8-6-13(20-21)15(16,17)18/h4-6,8-9,11H,2-3,7,10H2,1H3/t11-/m1/s1. The molecule has 118 valence electrons. The van der Waals surface area contributed by atoms with Gasteiger partial charge in [-0.05, 0) is 37.5 Å². The Morgan fingerprint density at radius 1 is 1.27 bits per heavy atom. The normalized spacial score (nSPS) is 18.9. The second-order valence-corrected chi connectivity index (χ2v) is 5.61. The SMILES string of the molecule is C[C@@H]1CCCN1c1ccc(Cn2ccc(C(F)(F)F)n2)cn1. The van der Waals surface area contributed by atoms with Crippen molar-refractivity contribution in [3.05, 3.63) is 41.9 Å². The molecule has 2 aromatic heterocycles. The first-order valence-corrected chi connectivity index (χ1v) is 7.26. The third kappa shape index (κ3) is 3.08. The highest BCUT2D eigenvalue weighted by molar-refractivity contribution is 5.41. The van der Waals surface area contributed by atoms with Gasteiger partial charge in [0.05, 0.1) is 6.54 Å². The quantitative estimate of drug-likeness (QED) is 0.872. The fourth-order valence-electron chi connectivity index (χ4n) is 2.74. The molecule has 0 aromatic carbocycles. The van der Waals surface area contributed by atoms with Crippen LogP contribution in [0.25, 0.3) is 0 Å². The number of aromatic nitrogens is 3. The lowest BCUT2D eigenvalue weighted by atomic mass is 10.2. The van der Waals surface area contributed by atoms with Crippen LogP contribution in [0.2, 0.25) is 0 Å². The van der Waals surface area contributed by atoms with Gasteiger partial charge in [0.1, 0.15) is 5.82 Å². The molecular weight excluding hydrogens is 293 g/mol. The number of hydrogen-bond acceptors (Lipinski definition) is 3. The number of hydrogen-bond donors (Lipinski definition) is 0. The van der Waals surface area contributed by atoms with Crippen molar-refractivity contribution in [2.75, 3.05) is 11.4 Å². The Kier molecular flexibility index (Phi) is 3.80. The lowest BCUT2D eigenvalue weighted by Gasteiger charge is -2.22. The van der Waals surface area contributed by atoms with E-state index >= 15 is 0 Å². The monoisotopic (exact) mass is 310 g/mol. The molecule has 3 heterocycles. The summed E-state index contributed by atoms with van der Waals surface area (Å²) < 4.78 is 38.8. The Morgan fingerprint density at radius 3 is 2.64 bits per heavy atom. The van der Waals surface area contributed by atoms with Crippen molar-refractivity contribution in [1.29, 1.82) is 0 Å².